The highest BCUT2D eigenvalue weighted by Gasteiger charge is 2.45. The number of amides is 2. The molecule has 2 N–H and O–H groups in total. The molecule has 2 aliphatic rings. The summed E-state index contributed by atoms with van der Waals surface area (Å²) in [5, 5.41) is 8.38. The van der Waals surface area contributed by atoms with Crippen molar-refractivity contribution in [1.82, 2.24) is 19.9 Å². The zero-order valence-corrected chi connectivity index (χ0v) is 14.9. The molecule has 25 heavy (non-hydrogen) atoms. The van der Waals surface area contributed by atoms with E-state index in [9.17, 15) is 14.4 Å². The number of hydrogen-bond donors (Lipinski definition) is 1. The van der Waals surface area contributed by atoms with Gasteiger partial charge >= 0.3 is 0 Å². The van der Waals surface area contributed by atoms with Gasteiger partial charge < -0.3 is 15.4 Å². The van der Waals surface area contributed by atoms with E-state index in [2.05, 4.69) is 10.3 Å². The fourth-order valence-electron chi connectivity index (χ4n) is 3.50. The lowest BCUT2D eigenvalue weighted by atomic mass is 9.85. The predicted octanol–water partition coefficient (Wildman–Crippen LogP) is 0.644. The highest BCUT2D eigenvalue weighted by molar-refractivity contribution is 5.90. The number of hydrogen-bond acceptors (Lipinski definition) is 5. The van der Waals surface area contributed by atoms with Crippen LogP contribution in [-0.4, -0.2) is 50.6 Å². The summed E-state index contributed by atoms with van der Waals surface area (Å²) >= 11 is 0. The van der Waals surface area contributed by atoms with Gasteiger partial charge in [-0.2, -0.15) is 0 Å². The molecule has 0 spiro atoms. The Kier molecular flexibility index (Phi) is 4.38. The number of nitrogens with zero attached hydrogens (tertiary/aromatic N) is 4. The second-order valence-electron chi connectivity index (χ2n) is 8.21. The summed E-state index contributed by atoms with van der Waals surface area (Å²) in [6, 6.07) is -1.36. The molecule has 1 saturated heterocycles. The molecule has 2 fully saturated rings. The molecule has 0 radical (unpaired) electrons. The lowest BCUT2D eigenvalue weighted by Gasteiger charge is -2.34. The Bertz CT molecular complexity index is 689. The predicted molar refractivity (Wildman–Crippen MR) is 89.4 cm³/mol. The van der Waals surface area contributed by atoms with E-state index >= 15 is 0 Å². The lowest BCUT2D eigenvalue weighted by Crippen LogP contribution is -2.49. The number of likely N-dealkylation sites (tertiary alicyclic amines) is 1. The number of aldehydes is 1. The van der Waals surface area contributed by atoms with Gasteiger partial charge in [0.15, 0.2) is 0 Å². The fraction of sp³-hybridized carbons (Fsp3) is 0.706. The van der Waals surface area contributed by atoms with Crippen LogP contribution in [0, 0.1) is 11.3 Å². The molecule has 0 aromatic carbocycles. The molecule has 2 amide bonds. The molecule has 0 bridgehead atoms. The first-order valence-corrected chi connectivity index (χ1v) is 8.69. The van der Waals surface area contributed by atoms with Crippen LogP contribution in [0.1, 0.15) is 57.7 Å². The summed E-state index contributed by atoms with van der Waals surface area (Å²) in [6.07, 6.45) is 5.10. The van der Waals surface area contributed by atoms with E-state index in [0.29, 0.717) is 5.92 Å². The molecule has 1 saturated carbocycles. The first kappa shape index (κ1) is 17.6. The standard InChI is InChI=1S/C17H25N5O3/c1-17(2,3)14(22-8-12(19-20-22)11-4-5-11)16(25)21-7-10(9-23)6-13(21)15(18)24/h8-11,13-14H,4-7H2,1-3H3,(H2,18,24)/t10-,13+,14-/m1/s1. The number of carbonyl (C=O) groups excluding carboxylic acids is 3. The van der Waals surface area contributed by atoms with Crippen molar-refractivity contribution in [2.45, 2.75) is 58.0 Å². The second-order valence-corrected chi connectivity index (χ2v) is 8.21. The van der Waals surface area contributed by atoms with Crippen molar-refractivity contribution in [2.24, 2.45) is 17.1 Å². The number of nitrogens with two attached hydrogens (primary N) is 1. The van der Waals surface area contributed by atoms with Gasteiger partial charge in [-0.15, -0.1) is 5.10 Å². The highest BCUT2D eigenvalue weighted by atomic mass is 16.2. The topological polar surface area (TPSA) is 111 Å². The van der Waals surface area contributed by atoms with E-state index in [1.54, 1.807) is 4.68 Å². The zero-order valence-electron chi connectivity index (χ0n) is 14.9. The third-order valence-electron chi connectivity index (χ3n) is 4.98. The average molecular weight is 347 g/mol. The van der Waals surface area contributed by atoms with Crippen LogP contribution in [0.25, 0.3) is 0 Å². The Balaban J connectivity index is 1.90. The lowest BCUT2D eigenvalue weighted by molar-refractivity contribution is -0.143. The largest absolute Gasteiger partial charge is 0.368 e. The normalized spacial score (nSPS) is 25.0. The van der Waals surface area contributed by atoms with Gasteiger partial charge in [-0.3, -0.25) is 9.59 Å². The van der Waals surface area contributed by atoms with Crippen LogP contribution in [0.5, 0.6) is 0 Å². The summed E-state index contributed by atoms with van der Waals surface area (Å²) in [4.78, 5) is 37.6. The van der Waals surface area contributed by atoms with Gasteiger partial charge in [-0.05, 0) is 24.7 Å². The average Bonchev–Trinajstić information content (AvgIpc) is 3.10. The Morgan fingerprint density at radius 1 is 1.36 bits per heavy atom. The summed E-state index contributed by atoms with van der Waals surface area (Å²) in [5.74, 6) is -0.746. The smallest absolute Gasteiger partial charge is 0.248 e. The van der Waals surface area contributed by atoms with E-state index in [0.717, 1.165) is 24.8 Å². The minimum atomic E-state index is -0.751. The summed E-state index contributed by atoms with van der Waals surface area (Å²) < 4.78 is 1.60. The van der Waals surface area contributed by atoms with Crippen LogP contribution in [-0.2, 0) is 14.4 Å². The van der Waals surface area contributed by atoms with Gasteiger partial charge in [-0.25, -0.2) is 4.68 Å². The molecule has 8 heteroatoms. The minimum Gasteiger partial charge on any atom is -0.368 e. The molecule has 3 rings (SSSR count). The zero-order chi connectivity index (χ0) is 18.4. The van der Waals surface area contributed by atoms with Gasteiger partial charge in [0.05, 0.1) is 5.69 Å². The Morgan fingerprint density at radius 2 is 2.04 bits per heavy atom. The maximum absolute atomic E-state index is 13.3. The maximum Gasteiger partial charge on any atom is 0.248 e. The van der Waals surface area contributed by atoms with Crippen molar-refractivity contribution in [3.05, 3.63) is 11.9 Å². The van der Waals surface area contributed by atoms with Crippen LogP contribution in [0.2, 0.25) is 0 Å². The molecule has 1 aromatic heterocycles. The van der Waals surface area contributed by atoms with Crippen molar-refractivity contribution in [2.75, 3.05) is 6.54 Å². The van der Waals surface area contributed by atoms with Crippen LogP contribution < -0.4 is 5.73 Å². The maximum atomic E-state index is 13.3. The van der Waals surface area contributed by atoms with E-state index in [1.807, 2.05) is 27.0 Å². The van der Waals surface area contributed by atoms with Crippen molar-refractivity contribution in [3.63, 3.8) is 0 Å². The van der Waals surface area contributed by atoms with E-state index < -0.39 is 23.4 Å². The monoisotopic (exact) mass is 347 g/mol. The third-order valence-corrected chi connectivity index (χ3v) is 4.98. The summed E-state index contributed by atoms with van der Waals surface area (Å²) in [6.45, 7) is 6.05. The molecule has 0 unspecified atom stereocenters. The van der Waals surface area contributed by atoms with E-state index in [4.69, 9.17) is 5.73 Å². The minimum absolute atomic E-state index is 0.215. The molecule has 8 nitrogen and oxygen atoms in total. The molecule has 2 heterocycles. The molecule has 3 atom stereocenters. The van der Waals surface area contributed by atoms with Crippen molar-refractivity contribution in [1.29, 1.82) is 0 Å². The van der Waals surface area contributed by atoms with Gasteiger partial charge in [0.1, 0.15) is 18.4 Å². The molecule has 1 aliphatic carbocycles. The first-order valence-electron chi connectivity index (χ1n) is 8.69. The van der Waals surface area contributed by atoms with Gasteiger partial charge in [0, 0.05) is 24.6 Å². The SMILES string of the molecule is CC(C)(C)[C@@H](C(=O)N1C[C@H](C=O)C[C@H]1C(N)=O)n1cc(C2CC2)nn1. The van der Waals surface area contributed by atoms with Crippen LogP contribution in [0.15, 0.2) is 6.20 Å². The summed E-state index contributed by atoms with van der Waals surface area (Å²) in [5.41, 5.74) is 5.93. The van der Waals surface area contributed by atoms with Crippen molar-refractivity contribution >= 4 is 18.1 Å². The Morgan fingerprint density at radius 3 is 2.56 bits per heavy atom. The van der Waals surface area contributed by atoms with Gasteiger partial charge in [0.25, 0.3) is 0 Å². The molecular formula is C17H25N5O3. The van der Waals surface area contributed by atoms with Crippen LogP contribution in [0.3, 0.4) is 0 Å². The molecular weight excluding hydrogens is 322 g/mol. The van der Waals surface area contributed by atoms with Crippen molar-refractivity contribution in [3.8, 4) is 0 Å². The van der Waals surface area contributed by atoms with Crippen LogP contribution in [0.4, 0.5) is 0 Å². The van der Waals surface area contributed by atoms with Gasteiger partial charge in [0.2, 0.25) is 11.8 Å². The quantitative estimate of drug-likeness (QED) is 0.786. The third kappa shape index (κ3) is 3.43. The summed E-state index contributed by atoms with van der Waals surface area (Å²) in [7, 11) is 0. The molecule has 1 aromatic rings. The second kappa shape index (κ2) is 6.24. The first-order chi connectivity index (χ1) is 11.7. The number of rotatable bonds is 5. The number of aromatic nitrogens is 3. The van der Waals surface area contributed by atoms with Crippen molar-refractivity contribution < 1.29 is 14.4 Å². The Hall–Kier alpha value is -2.25. The highest BCUT2D eigenvalue weighted by Crippen LogP contribution is 2.40. The van der Waals surface area contributed by atoms with Gasteiger partial charge in [-0.1, -0.05) is 26.0 Å². The molecule has 136 valence electrons. The fourth-order valence-corrected chi connectivity index (χ4v) is 3.50. The van der Waals surface area contributed by atoms with E-state index in [-0.39, 0.29) is 24.8 Å². The number of primary amides is 1. The Labute approximate surface area is 146 Å². The van der Waals surface area contributed by atoms with Crippen LogP contribution >= 0.6 is 0 Å². The molecule has 1 aliphatic heterocycles. The number of carbonyl (C=O) groups is 3. The van der Waals surface area contributed by atoms with E-state index in [1.165, 1.54) is 4.90 Å².